The minimum absolute atomic E-state index is 0.0760. The van der Waals surface area contributed by atoms with E-state index in [1.54, 1.807) is 25.1 Å². The number of H-pyrrole nitrogens is 1. The van der Waals surface area contributed by atoms with Crippen LogP contribution in [0.15, 0.2) is 51.1 Å². The second-order valence-electron chi connectivity index (χ2n) is 9.17. The summed E-state index contributed by atoms with van der Waals surface area (Å²) in [4.78, 5) is 18.0. The van der Waals surface area contributed by atoms with Crippen LogP contribution in [-0.4, -0.2) is 54.4 Å². The molecule has 6 rings (SSSR count). The van der Waals surface area contributed by atoms with Crippen LogP contribution in [-0.2, 0) is 9.84 Å². The van der Waals surface area contributed by atoms with E-state index in [1.807, 2.05) is 25.1 Å². The van der Waals surface area contributed by atoms with Crippen LogP contribution in [0.5, 0.6) is 0 Å². The predicted molar refractivity (Wildman–Crippen MR) is 125 cm³/mol. The lowest BCUT2D eigenvalue weighted by molar-refractivity contribution is 0.533. The Morgan fingerprint density at radius 3 is 2.52 bits per heavy atom. The Balaban J connectivity index is 1.50. The smallest absolute Gasteiger partial charge is 0.259 e. The van der Waals surface area contributed by atoms with Gasteiger partial charge in [-0.1, -0.05) is 22.9 Å². The molecule has 0 unspecified atom stereocenters. The summed E-state index contributed by atoms with van der Waals surface area (Å²) in [7, 11) is -3.97. The summed E-state index contributed by atoms with van der Waals surface area (Å²) in [6, 6.07) is 10.8. The third-order valence-electron chi connectivity index (χ3n) is 6.95. The quantitative estimate of drug-likeness (QED) is 0.474. The maximum absolute atomic E-state index is 13.4. The van der Waals surface area contributed by atoms with E-state index in [-0.39, 0.29) is 21.1 Å². The number of fused-ring (bicyclic) bond motifs is 4. The fourth-order valence-corrected chi connectivity index (χ4v) is 6.73. The summed E-state index contributed by atoms with van der Waals surface area (Å²) < 4.78 is 28.3. The SMILES string of the molecule is Cc1ccc(S(=O)(=O)c2nnn3c2[nH]c(=O)c2ccc(N4C[C@H]5CNC[C@H]5C4)cc23)c(C)c1. The zero-order valence-electron chi connectivity index (χ0n) is 18.4. The summed E-state index contributed by atoms with van der Waals surface area (Å²) in [5, 5.41) is 11.8. The van der Waals surface area contributed by atoms with Gasteiger partial charge >= 0.3 is 0 Å². The molecule has 2 fully saturated rings. The summed E-state index contributed by atoms with van der Waals surface area (Å²) in [6.07, 6.45) is 0. The standard InChI is InChI=1S/C23H24N6O3S/c1-13-3-6-20(14(2)7-13)33(31,32)23-21-25-22(30)18-5-4-17(8-19(18)29(21)27-26-23)28-11-15-9-24-10-16(15)12-28/h3-8,15-16,24H,9-12H2,1-2H3,(H,25,30)/t15-,16+. The molecule has 2 aliphatic heterocycles. The van der Waals surface area contributed by atoms with Crippen LogP contribution in [0, 0.1) is 25.7 Å². The maximum Gasteiger partial charge on any atom is 0.259 e. The number of aryl methyl sites for hydroxylation is 2. The van der Waals surface area contributed by atoms with Crippen LogP contribution < -0.4 is 15.8 Å². The van der Waals surface area contributed by atoms with Crippen LogP contribution >= 0.6 is 0 Å². The molecule has 2 N–H and O–H groups in total. The van der Waals surface area contributed by atoms with Crippen LogP contribution in [0.25, 0.3) is 16.6 Å². The zero-order valence-corrected chi connectivity index (χ0v) is 19.2. The van der Waals surface area contributed by atoms with Gasteiger partial charge in [0.05, 0.1) is 15.8 Å². The highest BCUT2D eigenvalue weighted by atomic mass is 32.2. The monoisotopic (exact) mass is 464 g/mol. The first-order valence-electron chi connectivity index (χ1n) is 11.0. The number of nitrogens with zero attached hydrogens (tertiary/aromatic N) is 4. The van der Waals surface area contributed by atoms with Gasteiger partial charge in [0.15, 0.2) is 5.65 Å². The number of hydrogen-bond acceptors (Lipinski definition) is 7. The van der Waals surface area contributed by atoms with Crippen molar-refractivity contribution in [1.82, 2.24) is 25.1 Å². The lowest BCUT2D eigenvalue weighted by atomic mass is 10.0. The van der Waals surface area contributed by atoms with E-state index < -0.39 is 9.84 Å². The van der Waals surface area contributed by atoms with Gasteiger partial charge in [0, 0.05) is 31.9 Å². The molecule has 2 aliphatic rings. The van der Waals surface area contributed by atoms with Gasteiger partial charge in [0.25, 0.3) is 5.56 Å². The number of aromatic nitrogens is 4. The minimum Gasteiger partial charge on any atom is -0.371 e. The van der Waals surface area contributed by atoms with Crippen molar-refractivity contribution in [3.63, 3.8) is 0 Å². The molecule has 9 nitrogen and oxygen atoms in total. The third-order valence-corrected chi connectivity index (χ3v) is 8.78. The largest absolute Gasteiger partial charge is 0.371 e. The second-order valence-corrected chi connectivity index (χ2v) is 11.0. The number of sulfone groups is 1. The Hall–Kier alpha value is -3.24. The molecule has 4 aromatic rings. The van der Waals surface area contributed by atoms with Crippen molar-refractivity contribution in [2.45, 2.75) is 23.8 Å². The second kappa shape index (κ2) is 7.13. The predicted octanol–water partition coefficient (Wildman–Crippen LogP) is 1.68. The Labute approximate surface area is 190 Å². The van der Waals surface area contributed by atoms with E-state index in [2.05, 4.69) is 25.5 Å². The topological polar surface area (TPSA) is 112 Å². The normalized spacial score (nSPS) is 20.7. The summed E-state index contributed by atoms with van der Waals surface area (Å²) in [5.74, 6) is 1.25. The molecule has 0 spiro atoms. The van der Waals surface area contributed by atoms with Crippen molar-refractivity contribution in [3.8, 4) is 0 Å². The first-order valence-corrected chi connectivity index (χ1v) is 12.5. The Morgan fingerprint density at radius 2 is 1.79 bits per heavy atom. The maximum atomic E-state index is 13.4. The molecule has 2 aromatic carbocycles. The Bertz CT molecular complexity index is 1580. The van der Waals surface area contributed by atoms with E-state index in [4.69, 9.17) is 0 Å². The third kappa shape index (κ3) is 3.08. The lowest BCUT2D eigenvalue weighted by Gasteiger charge is -2.20. The van der Waals surface area contributed by atoms with Crippen LogP contribution in [0.1, 0.15) is 11.1 Å². The lowest BCUT2D eigenvalue weighted by Crippen LogP contribution is -2.25. The number of rotatable bonds is 3. The van der Waals surface area contributed by atoms with Gasteiger partial charge in [-0.2, -0.15) is 4.52 Å². The molecule has 0 radical (unpaired) electrons. The molecule has 0 saturated carbocycles. The van der Waals surface area contributed by atoms with Crippen molar-refractivity contribution in [2.24, 2.45) is 11.8 Å². The average molecular weight is 465 g/mol. The number of nitrogens with one attached hydrogen (secondary N) is 2. The molecule has 10 heteroatoms. The first kappa shape index (κ1) is 20.4. The van der Waals surface area contributed by atoms with Gasteiger partial charge in [-0.25, -0.2) is 8.42 Å². The molecule has 0 amide bonds. The van der Waals surface area contributed by atoms with Crippen LogP contribution in [0.3, 0.4) is 0 Å². The van der Waals surface area contributed by atoms with E-state index in [9.17, 15) is 13.2 Å². The number of hydrogen-bond donors (Lipinski definition) is 2. The fraction of sp³-hybridized carbons (Fsp3) is 0.348. The van der Waals surface area contributed by atoms with Crippen molar-refractivity contribution in [3.05, 3.63) is 57.9 Å². The molecule has 2 saturated heterocycles. The molecule has 33 heavy (non-hydrogen) atoms. The molecular formula is C23H24N6O3S. The van der Waals surface area contributed by atoms with Gasteiger partial charge < -0.3 is 15.2 Å². The molecule has 170 valence electrons. The molecular weight excluding hydrogens is 440 g/mol. The van der Waals surface area contributed by atoms with Gasteiger partial charge in [0.2, 0.25) is 14.9 Å². The number of benzene rings is 2. The van der Waals surface area contributed by atoms with Crippen molar-refractivity contribution < 1.29 is 8.42 Å². The Kier molecular flexibility index (Phi) is 4.40. The molecule has 4 heterocycles. The molecule has 2 aromatic heterocycles. The minimum atomic E-state index is -3.97. The fourth-order valence-electron chi connectivity index (χ4n) is 5.25. The van der Waals surface area contributed by atoms with E-state index in [1.165, 1.54) is 4.52 Å². The molecule has 2 atom stereocenters. The van der Waals surface area contributed by atoms with Crippen LogP contribution in [0.4, 0.5) is 5.69 Å². The van der Waals surface area contributed by atoms with Crippen molar-refractivity contribution in [2.75, 3.05) is 31.1 Å². The van der Waals surface area contributed by atoms with Crippen molar-refractivity contribution >= 4 is 32.1 Å². The van der Waals surface area contributed by atoms with E-state index in [0.717, 1.165) is 37.4 Å². The first-order chi connectivity index (χ1) is 15.8. The summed E-state index contributed by atoms with van der Waals surface area (Å²) in [6.45, 7) is 7.63. The molecule has 0 aliphatic carbocycles. The van der Waals surface area contributed by atoms with E-state index in [0.29, 0.717) is 28.3 Å². The van der Waals surface area contributed by atoms with Gasteiger partial charge in [0.1, 0.15) is 0 Å². The molecule has 0 bridgehead atoms. The van der Waals surface area contributed by atoms with E-state index >= 15 is 0 Å². The Morgan fingerprint density at radius 1 is 1.03 bits per heavy atom. The summed E-state index contributed by atoms with van der Waals surface area (Å²) >= 11 is 0. The zero-order chi connectivity index (χ0) is 22.9. The summed E-state index contributed by atoms with van der Waals surface area (Å²) in [5.41, 5.74) is 2.83. The number of aromatic amines is 1. The van der Waals surface area contributed by atoms with Gasteiger partial charge in [-0.15, -0.1) is 5.10 Å². The van der Waals surface area contributed by atoms with Gasteiger partial charge in [-0.3, -0.25) is 4.79 Å². The van der Waals surface area contributed by atoms with Crippen LogP contribution in [0.2, 0.25) is 0 Å². The number of anilines is 1. The van der Waals surface area contributed by atoms with Gasteiger partial charge in [-0.05, 0) is 55.5 Å². The highest BCUT2D eigenvalue weighted by Gasteiger charge is 2.36. The highest BCUT2D eigenvalue weighted by Crippen LogP contribution is 2.32. The highest BCUT2D eigenvalue weighted by molar-refractivity contribution is 7.91. The van der Waals surface area contributed by atoms with Crippen molar-refractivity contribution in [1.29, 1.82) is 0 Å². The average Bonchev–Trinajstić information content (AvgIpc) is 3.48.